The van der Waals surface area contributed by atoms with Crippen molar-refractivity contribution in [3.8, 4) is 0 Å². The molecule has 0 radical (unpaired) electrons. The zero-order valence-corrected chi connectivity index (χ0v) is 11.6. The minimum Gasteiger partial charge on any atom is -0.456 e. The molecule has 1 unspecified atom stereocenters. The molecule has 0 rings (SSSR count). The summed E-state index contributed by atoms with van der Waals surface area (Å²) >= 11 is 0. The van der Waals surface area contributed by atoms with Gasteiger partial charge in [-0.25, -0.2) is 0 Å². The molecule has 1 atom stereocenters. The molecule has 6 heteroatoms. The first-order valence-corrected chi connectivity index (χ1v) is 5.92. The fraction of sp³-hybridized carbons (Fsp3) is 0.833. The van der Waals surface area contributed by atoms with Gasteiger partial charge in [0.15, 0.2) is 6.61 Å². The number of carbonyl (C=O) groups excluding carboxylic acids is 2. The molecule has 0 fully saturated rings. The first-order chi connectivity index (χ1) is 8.42. The van der Waals surface area contributed by atoms with E-state index in [4.69, 9.17) is 18.9 Å². The lowest BCUT2D eigenvalue weighted by molar-refractivity contribution is -0.380. The van der Waals surface area contributed by atoms with E-state index in [0.717, 1.165) is 0 Å². The molecule has 0 aliphatic rings. The van der Waals surface area contributed by atoms with Gasteiger partial charge in [0.05, 0.1) is 0 Å². The number of hydrogen-bond donors (Lipinski definition) is 0. The Hall–Kier alpha value is -0.980. The maximum absolute atomic E-state index is 11.5. The van der Waals surface area contributed by atoms with E-state index in [0.29, 0.717) is 13.2 Å². The molecular formula is C12H22O6. The molecule has 0 amide bonds. The first kappa shape index (κ1) is 17.0. The normalized spacial score (nSPS) is 13.2. The van der Waals surface area contributed by atoms with Gasteiger partial charge in [0.2, 0.25) is 0 Å². The van der Waals surface area contributed by atoms with Crippen LogP contribution >= 0.6 is 0 Å². The van der Waals surface area contributed by atoms with Crippen LogP contribution in [-0.4, -0.2) is 44.7 Å². The maximum atomic E-state index is 11.5. The van der Waals surface area contributed by atoms with E-state index in [2.05, 4.69) is 0 Å². The number of esters is 1. The molecule has 0 saturated carbocycles. The third-order valence-electron chi connectivity index (χ3n) is 2.39. The number of methoxy groups -OCH3 is 1. The van der Waals surface area contributed by atoms with Gasteiger partial charge >= 0.3 is 11.9 Å². The molecule has 18 heavy (non-hydrogen) atoms. The molecule has 0 aliphatic heterocycles. The second kappa shape index (κ2) is 8.18. The Balaban J connectivity index is 4.50. The second-order valence-corrected chi connectivity index (χ2v) is 3.69. The highest BCUT2D eigenvalue weighted by Gasteiger charge is 2.34. The summed E-state index contributed by atoms with van der Waals surface area (Å²) in [7, 11) is 1.40. The van der Waals surface area contributed by atoms with Crippen molar-refractivity contribution in [2.45, 2.75) is 33.7 Å². The monoisotopic (exact) mass is 262 g/mol. The number of hydrogen-bond acceptors (Lipinski definition) is 6. The average molecular weight is 262 g/mol. The topological polar surface area (TPSA) is 71.1 Å². The summed E-state index contributed by atoms with van der Waals surface area (Å²) in [6.07, 6.45) is 0. The van der Waals surface area contributed by atoms with E-state index in [1.807, 2.05) is 0 Å². The number of ketones is 1. The molecule has 0 spiro atoms. The maximum Gasteiger partial charge on any atom is 0.319 e. The highest BCUT2D eigenvalue weighted by atomic mass is 16.9. The highest BCUT2D eigenvalue weighted by Crippen LogP contribution is 2.16. The Morgan fingerprint density at radius 1 is 1.17 bits per heavy atom. The fourth-order valence-electron chi connectivity index (χ4n) is 1.19. The molecule has 0 aromatic carbocycles. The summed E-state index contributed by atoms with van der Waals surface area (Å²) in [6.45, 7) is 6.82. The number of rotatable bonds is 9. The van der Waals surface area contributed by atoms with Crippen LogP contribution in [0.2, 0.25) is 0 Å². The summed E-state index contributed by atoms with van der Waals surface area (Å²) in [5, 5.41) is 0. The van der Waals surface area contributed by atoms with Crippen molar-refractivity contribution < 1.29 is 28.5 Å². The van der Waals surface area contributed by atoms with Crippen molar-refractivity contribution in [2.75, 3.05) is 26.9 Å². The standard InChI is InChI=1S/C12H22O6/c1-6-17-12(15-5,18-7-2)8-16-11(14)9(3)10(4)13/h9H,6-8H2,1-5H3. The molecule has 0 aromatic rings. The van der Waals surface area contributed by atoms with Crippen LogP contribution in [0.4, 0.5) is 0 Å². The largest absolute Gasteiger partial charge is 0.456 e. The van der Waals surface area contributed by atoms with Crippen molar-refractivity contribution in [3.63, 3.8) is 0 Å². The molecule has 0 aliphatic carbocycles. The first-order valence-electron chi connectivity index (χ1n) is 5.92. The van der Waals surface area contributed by atoms with Crippen LogP contribution in [0.25, 0.3) is 0 Å². The molecule has 0 saturated heterocycles. The third-order valence-corrected chi connectivity index (χ3v) is 2.39. The highest BCUT2D eigenvalue weighted by molar-refractivity contribution is 5.97. The van der Waals surface area contributed by atoms with E-state index < -0.39 is 17.9 Å². The van der Waals surface area contributed by atoms with E-state index in [-0.39, 0.29) is 12.4 Å². The smallest absolute Gasteiger partial charge is 0.319 e. The van der Waals surface area contributed by atoms with E-state index in [1.165, 1.54) is 21.0 Å². The lowest BCUT2D eigenvalue weighted by Gasteiger charge is -2.30. The summed E-state index contributed by atoms with van der Waals surface area (Å²) in [5.74, 6) is -3.09. The van der Waals surface area contributed by atoms with Gasteiger partial charge in [0, 0.05) is 20.3 Å². The van der Waals surface area contributed by atoms with Crippen LogP contribution in [0, 0.1) is 5.92 Å². The summed E-state index contributed by atoms with van der Waals surface area (Å²) < 4.78 is 20.7. The minimum atomic E-state index is -1.41. The van der Waals surface area contributed by atoms with Gasteiger partial charge in [-0.3, -0.25) is 9.59 Å². The lowest BCUT2D eigenvalue weighted by Crippen LogP contribution is -2.44. The zero-order chi connectivity index (χ0) is 14.2. The minimum absolute atomic E-state index is 0.221. The van der Waals surface area contributed by atoms with Gasteiger partial charge in [-0.1, -0.05) is 0 Å². The fourth-order valence-corrected chi connectivity index (χ4v) is 1.19. The van der Waals surface area contributed by atoms with Crippen LogP contribution in [0.3, 0.4) is 0 Å². The van der Waals surface area contributed by atoms with Crippen LogP contribution in [0.5, 0.6) is 0 Å². The predicted octanol–water partition coefficient (Wildman–Crippen LogP) is 1.13. The van der Waals surface area contributed by atoms with E-state index in [9.17, 15) is 9.59 Å². The molecule has 6 nitrogen and oxygen atoms in total. The molecule has 0 bridgehead atoms. The summed E-state index contributed by atoms with van der Waals surface area (Å²) in [4.78, 5) is 22.6. The van der Waals surface area contributed by atoms with Crippen molar-refractivity contribution >= 4 is 11.8 Å². The number of ether oxygens (including phenoxy) is 4. The SMILES string of the molecule is CCOC(COC(=O)C(C)C(C)=O)(OC)OCC. The Labute approximate surface area is 108 Å². The summed E-state index contributed by atoms with van der Waals surface area (Å²) in [5.41, 5.74) is 0. The molecule has 0 aromatic heterocycles. The molecule has 0 N–H and O–H groups in total. The third kappa shape index (κ3) is 5.12. The summed E-state index contributed by atoms with van der Waals surface area (Å²) in [6, 6.07) is 0. The second-order valence-electron chi connectivity index (χ2n) is 3.69. The van der Waals surface area contributed by atoms with Gasteiger partial charge in [0.25, 0.3) is 0 Å². The van der Waals surface area contributed by atoms with Crippen molar-refractivity contribution in [1.82, 2.24) is 0 Å². The lowest BCUT2D eigenvalue weighted by atomic mass is 10.1. The molecule has 0 heterocycles. The van der Waals surface area contributed by atoms with Gasteiger partial charge in [-0.15, -0.1) is 0 Å². The predicted molar refractivity (Wildman–Crippen MR) is 63.8 cm³/mol. The van der Waals surface area contributed by atoms with Crippen LogP contribution < -0.4 is 0 Å². The van der Waals surface area contributed by atoms with Gasteiger partial charge < -0.3 is 18.9 Å². The number of carbonyl (C=O) groups is 2. The van der Waals surface area contributed by atoms with Crippen LogP contribution in [0.15, 0.2) is 0 Å². The van der Waals surface area contributed by atoms with Crippen LogP contribution in [0.1, 0.15) is 27.7 Å². The average Bonchev–Trinajstić information content (AvgIpc) is 2.35. The van der Waals surface area contributed by atoms with Crippen LogP contribution in [-0.2, 0) is 28.5 Å². The van der Waals surface area contributed by atoms with Crippen molar-refractivity contribution in [1.29, 1.82) is 0 Å². The van der Waals surface area contributed by atoms with Crippen molar-refractivity contribution in [2.24, 2.45) is 5.92 Å². The van der Waals surface area contributed by atoms with E-state index >= 15 is 0 Å². The van der Waals surface area contributed by atoms with Gasteiger partial charge in [-0.05, 0) is 27.7 Å². The Kier molecular flexibility index (Phi) is 7.73. The van der Waals surface area contributed by atoms with Gasteiger partial charge in [0.1, 0.15) is 11.7 Å². The molecule has 106 valence electrons. The zero-order valence-electron chi connectivity index (χ0n) is 11.6. The number of Topliss-reactive ketones (excluding diaryl/α,β-unsaturated/α-hetero) is 1. The van der Waals surface area contributed by atoms with Crippen molar-refractivity contribution in [3.05, 3.63) is 0 Å². The Morgan fingerprint density at radius 2 is 1.67 bits per heavy atom. The van der Waals surface area contributed by atoms with E-state index in [1.54, 1.807) is 13.8 Å². The molecular weight excluding hydrogens is 240 g/mol. The Bertz CT molecular complexity index is 270. The van der Waals surface area contributed by atoms with Gasteiger partial charge in [-0.2, -0.15) is 0 Å². The quantitative estimate of drug-likeness (QED) is 0.352. The Morgan fingerprint density at radius 3 is 2.00 bits per heavy atom.